The molecule has 2 N–H and O–H groups in total. The Morgan fingerprint density at radius 1 is 1.35 bits per heavy atom. The first-order chi connectivity index (χ1) is 8.29. The fraction of sp³-hybridized carbons (Fsp3) is 0.250. The van der Waals surface area contributed by atoms with Crippen LogP contribution in [0.5, 0.6) is 11.5 Å². The molecule has 5 nitrogen and oxygen atoms in total. The van der Waals surface area contributed by atoms with Crippen molar-refractivity contribution in [2.24, 2.45) is 0 Å². The second kappa shape index (κ2) is 3.69. The summed E-state index contributed by atoms with van der Waals surface area (Å²) in [6.07, 6.45) is 0.822. The van der Waals surface area contributed by atoms with Crippen molar-refractivity contribution in [2.45, 2.75) is 13.3 Å². The molecule has 0 amide bonds. The van der Waals surface area contributed by atoms with Crippen molar-refractivity contribution in [3.8, 4) is 22.8 Å². The van der Waals surface area contributed by atoms with Gasteiger partial charge >= 0.3 is 0 Å². The molecule has 2 heterocycles. The third kappa shape index (κ3) is 1.51. The van der Waals surface area contributed by atoms with Crippen LogP contribution in [0, 0.1) is 0 Å². The summed E-state index contributed by atoms with van der Waals surface area (Å²) in [5, 5.41) is 3.69. The maximum atomic E-state index is 5.56. The lowest BCUT2D eigenvalue weighted by atomic mass is 10.0. The standard InChI is InChI=1S/C12H12N2O3/c1-2-7-8(10-5-11(13)14-17-10)3-4-9-12(7)16-6-15-9/h3-5H,2,6H2,1H3,(H2,13,14). The molecule has 88 valence electrons. The highest BCUT2D eigenvalue weighted by Crippen LogP contribution is 2.41. The summed E-state index contributed by atoms with van der Waals surface area (Å²) in [6, 6.07) is 5.51. The summed E-state index contributed by atoms with van der Waals surface area (Å²) in [4.78, 5) is 0. The monoisotopic (exact) mass is 232 g/mol. The number of benzene rings is 1. The van der Waals surface area contributed by atoms with Gasteiger partial charge in [-0.1, -0.05) is 12.1 Å². The van der Waals surface area contributed by atoms with E-state index in [1.54, 1.807) is 6.07 Å². The summed E-state index contributed by atoms with van der Waals surface area (Å²) in [6.45, 7) is 2.32. The maximum absolute atomic E-state index is 5.56. The topological polar surface area (TPSA) is 70.5 Å². The van der Waals surface area contributed by atoms with Crippen LogP contribution in [0.25, 0.3) is 11.3 Å². The van der Waals surface area contributed by atoms with Gasteiger partial charge in [-0.15, -0.1) is 0 Å². The predicted octanol–water partition coefficient (Wildman–Crippen LogP) is 2.21. The number of hydrogen-bond acceptors (Lipinski definition) is 5. The Hall–Kier alpha value is -2.17. The molecule has 0 atom stereocenters. The number of rotatable bonds is 2. The Morgan fingerprint density at radius 3 is 2.94 bits per heavy atom. The van der Waals surface area contributed by atoms with E-state index in [-0.39, 0.29) is 6.79 Å². The Morgan fingerprint density at radius 2 is 2.24 bits per heavy atom. The second-order valence-corrected chi connectivity index (χ2v) is 3.80. The van der Waals surface area contributed by atoms with E-state index in [0.29, 0.717) is 11.6 Å². The molecule has 1 aliphatic rings. The molecule has 0 radical (unpaired) electrons. The molecule has 0 spiro atoms. The van der Waals surface area contributed by atoms with Crippen molar-refractivity contribution < 1.29 is 14.0 Å². The molecule has 0 unspecified atom stereocenters. The van der Waals surface area contributed by atoms with E-state index in [4.69, 9.17) is 19.7 Å². The van der Waals surface area contributed by atoms with Gasteiger partial charge in [0.25, 0.3) is 0 Å². The largest absolute Gasteiger partial charge is 0.454 e. The zero-order valence-electron chi connectivity index (χ0n) is 9.40. The van der Waals surface area contributed by atoms with Gasteiger partial charge in [-0.05, 0) is 18.6 Å². The number of ether oxygens (including phenoxy) is 2. The lowest BCUT2D eigenvalue weighted by molar-refractivity contribution is 0.173. The zero-order valence-corrected chi connectivity index (χ0v) is 9.40. The summed E-state index contributed by atoms with van der Waals surface area (Å²) >= 11 is 0. The summed E-state index contributed by atoms with van der Waals surface area (Å²) < 4.78 is 16.0. The van der Waals surface area contributed by atoms with Crippen molar-refractivity contribution >= 4 is 5.82 Å². The Kier molecular flexibility index (Phi) is 2.18. The molecule has 17 heavy (non-hydrogen) atoms. The van der Waals surface area contributed by atoms with Crippen molar-refractivity contribution in [3.05, 3.63) is 23.8 Å². The molecule has 2 aromatic rings. The van der Waals surface area contributed by atoms with Gasteiger partial charge in [0.15, 0.2) is 23.1 Å². The molecule has 0 bridgehead atoms. The highest BCUT2D eigenvalue weighted by Gasteiger charge is 2.21. The fourth-order valence-electron chi connectivity index (χ4n) is 2.03. The van der Waals surface area contributed by atoms with E-state index in [1.165, 1.54) is 0 Å². The summed E-state index contributed by atoms with van der Waals surface area (Å²) in [7, 11) is 0. The smallest absolute Gasteiger partial charge is 0.231 e. The number of anilines is 1. The number of hydrogen-bond donors (Lipinski definition) is 1. The molecule has 3 rings (SSSR count). The number of nitrogens with two attached hydrogens (primary N) is 1. The third-order valence-corrected chi connectivity index (χ3v) is 2.79. The number of nitrogen functional groups attached to an aromatic ring is 1. The zero-order chi connectivity index (χ0) is 11.8. The number of aromatic nitrogens is 1. The van der Waals surface area contributed by atoms with Crippen LogP contribution in [0.2, 0.25) is 0 Å². The lowest BCUT2D eigenvalue weighted by Crippen LogP contribution is -1.95. The first kappa shape index (κ1) is 10.0. The van der Waals surface area contributed by atoms with Gasteiger partial charge in [-0.3, -0.25) is 0 Å². The van der Waals surface area contributed by atoms with Crippen LogP contribution in [0.3, 0.4) is 0 Å². The van der Waals surface area contributed by atoms with E-state index >= 15 is 0 Å². The van der Waals surface area contributed by atoms with Gasteiger partial charge in [0.05, 0.1) is 0 Å². The molecule has 0 saturated carbocycles. The fourth-order valence-corrected chi connectivity index (χ4v) is 2.03. The summed E-state index contributed by atoms with van der Waals surface area (Å²) in [5.74, 6) is 2.59. The van der Waals surface area contributed by atoms with Gasteiger partial charge in [0, 0.05) is 17.2 Å². The minimum Gasteiger partial charge on any atom is -0.454 e. The minimum absolute atomic E-state index is 0.268. The van der Waals surface area contributed by atoms with Crippen LogP contribution in [0.4, 0.5) is 5.82 Å². The average Bonchev–Trinajstić information content (AvgIpc) is 2.95. The van der Waals surface area contributed by atoms with Crippen molar-refractivity contribution in [3.63, 3.8) is 0 Å². The van der Waals surface area contributed by atoms with E-state index in [2.05, 4.69) is 12.1 Å². The van der Waals surface area contributed by atoms with Crippen LogP contribution >= 0.6 is 0 Å². The van der Waals surface area contributed by atoms with Gasteiger partial charge in [-0.2, -0.15) is 0 Å². The SMILES string of the molecule is CCc1c(-c2cc(N)no2)ccc2c1OCO2. The molecule has 1 aliphatic heterocycles. The van der Waals surface area contributed by atoms with E-state index in [1.807, 2.05) is 12.1 Å². The van der Waals surface area contributed by atoms with Crippen molar-refractivity contribution in [1.82, 2.24) is 5.16 Å². The molecule has 1 aromatic heterocycles. The van der Waals surface area contributed by atoms with E-state index in [9.17, 15) is 0 Å². The Bertz CT molecular complexity index is 563. The number of nitrogens with zero attached hydrogens (tertiary/aromatic N) is 1. The maximum Gasteiger partial charge on any atom is 0.231 e. The van der Waals surface area contributed by atoms with Crippen molar-refractivity contribution in [2.75, 3.05) is 12.5 Å². The van der Waals surface area contributed by atoms with Crippen molar-refractivity contribution in [1.29, 1.82) is 0 Å². The van der Waals surface area contributed by atoms with Crippen LogP contribution in [-0.4, -0.2) is 11.9 Å². The first-order valence-corrected chi connectivity index (χ1v) is 5.43. The minimum atomic E-state index is 0.268. The Labute approximate surface area is 98.1 Å². The molecule has 0 aliphatic carbocycles. The molecular weight excluding hydrogens is 220 g/mol. The van der Waals surface area contributed by atoms with Gasteiger partial charge in [0.2, 0.25) is 6.79 Å². The second-order valence-electron chi connectivity index (χ2n) is 3.80. The normalized spacial score (nSPS) is 13.0. The molecule has 5 heteroatoms. The molecular formula is C12H12N2O3. The van der Waals surface area contributed by atoms with E-state index < -0.39 is 0 Å². The molecule has 0 fully saturated rings. The van der Waals surface area contributed by atoms with Crippen LogP contribution in [0.1, 0.15) is 12.5 Å². The quantitative estimate of drug-likeness (QED) is 0.859. The highest BCUT2D eigenvalue weighted by molar-refractivity contribution is 5.70. The predicted molar refractivity (Wildman–Crippen MR) is 61.9 cm³/mol. The third-order valence-electron chi connectivity index (χ3n) is 2.79. The number of fused-ring (bicyclic) bond motifs is 1. The van der Waals surface area contributed by atoms with Crippen LogP contribution in [-0.2, 0) is 6.42 Å². The van der Waals surface area contributed by atoms with Gasteiger partial charge in [0.1, 0.15) is 0 Å². The van der Waals surface area contributed by atoms with Gasteiger partial charge < -0.3 is 19.7 Å². The van der Waals surface area contributed by atoms with Gasteiger partial charge in [-0.25, -0.2) is 0 Å². The first-order valence-electron chi connectivity index (χ1n) is 5.43. The average molecular weight is 232 g/mol. The van der Waals surface area contributed by atoms with Crippen LogP contribution < -0.4 is 15.2 Å². The molecule has 0 saturated heterocycles. The lowest BCUT2D eigenvalue weighted by Gasteiger charge is -2.07. The highest BCUT2D eigenvalue weighted by atomic mass is 16.7. The van der Waals surface area contributed by atoms with Crippen LogP contribution in [0.15, 0.2) is 22.7 Å². The Balaban J connectivity index is 2.17. The van der Waals surface area contributed by atoms with E-state index in [0.717, 1.165) is 29.0 Å². The summed E-state index contributed by atoms with van der Waals surface area (Å²) in [5.41, 5.74) is 7.56. The molecule has 1 aromatic carbocycles.